The fourth-order valence-corrected chi connectivity index (χ4v) is 4.22. The SMILES string of the molecule is COc1cc2c(cc1/C=C1\SC(=O)N(CC(=O)N(C(C)C)C(C)C)C1=O)OCO2. The van der Waals surface area contributed by atoms with Gasteiger partial charge in [0.2, 0.25) is 12.7 Å². The van der Waals surface area contributed by atoms with Gasteiger partial charge in [-0.05, 0) is 51.6 Å². The number of imide groups is 1. The summed E-state index contributed by atoms with van der Waals surface area (Å²) in [5, 5.41) is -0.471. The van der Waals surface area contributed by atoms with E-state index in [0.29, 0.717) is 22.8 Å². The zero-order valence-electron chi connectivity index (χ0n) is 17.1. The number of amides is 3. The molecule has 2 heterocycles. The number of carbonyl (C=O) groups is 3. The van der Waals surface area contributed by atoms with Crippen LogP contribution in [0.3, 0.4) is 0 Å². The highest BCUT2D eigenvalue weighted by Crippen LogP contribution is 2.40. The van der Waals surface area contributed by atoms with E-state index in [9.17, 15) is 14.4 Å². The lowest BCUT2D eigenvalue weighted by Crippen LogP contribution is -2.48. The van der Waals surface area contributed by atoms with Crippen LogP contribution in [0.2, 0.25) is 0 Å². The third-order valence-electron chi connectivity index (χ3n) is 4.58. The van der Waals surface area contributed by atoms with Crippen LogP contribution in [0.25, 0.3) is 6.08 Å². The van der Waals surface area contributed by atoms with Crippen molar-refractivity contribution in [3.63, 3.8) is 0 Å². The zero-order chi connectivity index (χ0) is 21.3. The number of rotatable bonds is 6. The van der Waals surface area contributed by atoms with E-state index in [-0.39, 0.29) is 36.2 Å². The monoisotopic (exact) mass is 420 g/mol. The minimum Gasteiger partial charge on any atom is -0.496 e. The van der Waals surface area contributed by atoms with Crippen molar-refractivity contribution in [2.75, 3.05) is 20.4 Å². The molecule has 0 spiro atoms. The highest BCUT2D eigenvalue weighted by atomic mass is 32.2. The predicted molar refractivity (Wildman–Crippen MR) is 109 cm³/mol. The molecule has 0 bridgehead atoms. The van der Waals surface area contributed by atoms with Crippen LogP contribution < -0.4 is 14.2 Å². The first-order valence-electron chi connectivity index (χ1n) is 9.27. The Morgan fingerprint density at radius 3 is 2.41 bits per heavy atom. The van der Waals surface area contributed by atoms with Gasteiger partial charge in [0, 0.05) is 23.7 Å². The molecule has 29 heavy (non-hydrogen) atoms. The molecule has 1 aromatic carbocycles. The van der Waals surface area contributed by atoms with Gasteiger partial charge < -0.3 is 19.1 Å². The fraction of sp³-hybridized carbons (Fsp3) is 0.450. The van der Waals surface area contributed by atoms with Crippen LogP contribution in [0, 0.1) is 0 Å². The number of hydrogen-bond donors (Lipinski definition) is 0. The van der Waals surface area contributed by atoms with Gasteiger partial charge in [0.15, 0.2) is 11.5 Å². The summed E-state index contributed by atoms with van der Waals surface area (Å²) in [4.78, 5) is 40.7. The van der Waals surface area contributed by atoms with Crippen molar-refractivity contribution in [2.24, 2.45) is 0 Å². The average Bonchev–Trinajstić information content (AvgIpc) is 3.19. The Kier molecular flexibility index (Phi) is 6.07. The molecule has 3 rings (SSSR count). The number of ether oxygens (including phenoxy) is 3. The van der Waals surface area contributed by atoms with Crippen molar-refractivity contribution in [3.8, 4) is 17.2 Å². The highest BCUT2D eigenvalue weighted by molar-refractivity contribution is 8.18. The molecule has 0 unspecified atom stereocenters. The molecule has 0 saturated carbocycles. The number of hydrogen-bond acceptors (Lipinski definition) is 7. The number of carbonyl (C=O) groups excluding carboxylic acids is 3. The second-order valence-corrected chi connectivity index (χ2v) is 8.20. The Morgan fingerprint density at radius 2 is 1.83 bits per heavy atom. The largest absolute Gasteiger partial charge is 0.496 e. The predicted octanol–water partition coefficient (Wildman–Crippen LogP) is 3.11. The molecule has 1 fully saturated rings. The normalized spacial score (nSPS) is 17.1. The molecule has 8 nitrogen and oxygen atoms in total. The Labute approximate surface area is 173 Å². The summed E-state index contributed by atoms with van der Waals surface area (Å²) in [5.41, 5.74) is 0.583. The number of thioether (sulfide) groups is 1. The van der Waals surface area contributed by atoms with Crippen LogP contribution in [-0.4, -0.2) is 59.4 Å². The lowest BCUT2D eigenvalue weighted by molar-refractivity contribution is -0.138. The highest BCUT2D eigenvalue weighted by Gasteiger charge is 2.38. The van der Waals surface area contributed by atoms with Gasteiger partial charge >= 0.3 is 0 Å². The minimum atomic E-state index is -0.500. The molecule has 9 heteroatoms. The Balaban J connectivity index is 1.83. The second-order valence-electron chi connectivity index (χ2n) is 7.20. The first-order chi connectivity index (χ1) is 13.7. The summed E-state index contributed by atoms with van der Waals surface area (Å²) in [7, 11) is 1.51. The molecule has 0 aliphatic carbocycles. The molecule has 156 valence electrons. The van der Waals surface area contributed by atoms with Gasteiger partial charge in [0.05, 0.1) is 12.0 Å². The van der Waals surface area contributed by atoms with E-state index < -0.39 is 11.1 Å². The van der Waals surface area contributed by atoms with Crippen molar-refractivity contribution < 1.29 is 28.6 Å². The number of nitrogens with zero attached hydrogens (tertiary/aromatic N) is 2. The molecule has 2 aliphatic rings. The number of benzene rings is 1. The maximum Gasteiger partial charge on any atom is 0.294 e. The van der Waals surface area contributed by atoms with E-state index in [1.54, 1.807) is 23.1 Å². The van der Waals surface area contributed by atoms with Crippen LogP contribution in [0.4, 0.5) is 4.79 Å². The molecule has 0 radical (unpaired) electrons. The third-order valence-corrected chi connectivity index (χ3v) is 5.49. The fourth-order valence-electron chi connectivity index (χ4n) is 3.40. The third kappa shape index (κ3) is 4.19. The molecule has 2 aliphatic heterocycles. The van der Waals surface area contributed by atoms with Crippen LogP contribution >= 0.6 is 11.8 Å². The second kappa shape index (κ2) is 8.36. The van der Waals surface area contributed by atoms with Gasteiger partial charge in [-0.3, -0.25) is 19.3 Å². The zero-order valence-corrected chi connectivity index (χ0v) is 17.9. The quantitative estimate of drug-likeness (QED) is 0.654. The summed E-state index contributed by atoms with van der Waals surface area (Å²) >= 11 is 0.800. The van der Waals surface area contributed by atoms with E-state index in [1.165, 1.54) is 7.11 Å². The maximum absolute atomic E-state index is 12.8. The van der Waals surface area contributed by atoms with Crippen LogP contribution in [0.15, 0.2) is 17.0 Å². The number of fused-ring (bicyclic) bond motifs is 1. The molecule has 0 atom stereocenters. The van der Waals surface area contributed by atoms with Crippen LogP contribution in [0.1, 0.15) is 33.3 Å². The van der Waals surface area contributed by atoms with E-state index in [1.807, 2.05) is 27.7 Å². The van der Waals surface area contributed by atoms with Crippen molar-refractivity contribution >= 4 is 34.9 Å². The summed E-state index contributed by atoms with van der Waals surface area (Å²) in [6.45, 7) is 7.43. The summed E-state index contributed by atoms with van der Waals surface area (Å²) in [6, 6.07) is 3.30. The Hall–Kier alpha value is -2.68. The molecular weight excluding hydrogens is 396 g/mol. The molecular formula is C20H24N2O6S. The molecule has 3 amide bonds. The van der Waals surface area contributed by atoms with Gasteiger partial charge in [-0.15, -0.1) is 0 Å². The summed E-state index contributed by atoms with van der Waals surface area (Å²) in [6.07, 6.45) is 1.57. The molecule has 1 saturated heterocycles. The maximum atomic E-state index is 12.8. The van der Waals surface area contributed by atoms with Gasteiger partial charge in [-0.2, -0.15) is 0 Å². The van der Waals surface area contributed by atoms with E-state index in [4.69, 9.17) is 14.2 Å². The van der Waals surface area contributed by atoms with Crippen molar-refractivity contribution in [1.82, 2.24) is 9.80 Å². The van der Waals surface area contributed by atoms with E-state index in [2.05, 4.69) is 0 Å². The van der Waals surface area contributed by atoms with Gasteiger partial charge in [-0.1, -0.05) is 0 Å². The molecule has 1 aromatic rings. The Morgan fingerprint density at radius 1 is 1.21 bits per heavy atom. The standard InChI is InChI=1S/C20H24N2O6S/c1-11(2)22(12(3)4)18(23)9-21-19(24)17(29-20(21)25)7-13-6-15-16(28-10-27-15)8-14(13)26-5/h6-8,11-12H,9-10H2,1-5H3/b17-7-. The van der Waals surface area contributed by atoms with E-state index in [0.717, 1.165) is 16.7 Å². The Bertz CT molecular complexity index is 872. The van der Waals surface area contributed by atoms with Gasteiger partial charge in [-0.25, -0.2) is 0 Å². The van der Waals surface area contributed by atoms with Crippen molar-refractivity contribution in [2.45, 2.75) is 39.8 Å². The lowest BCUT2D eigenvalue weighted by Gasteiger charge is -2.31. The topological polar surface area (TPSA) is 85.4 Å². The summed E-state index contributed by atoms with van der Waals surface area (Å²) < 4.78 is 16.1. The van der Waals surface area contributed by atoms with Crippen LogP contribution in [0.5, 0.6) is 17.2 Å². The van der Waals surface area contributed by atoms with E-state index >= 15 is 0 Å². The van der Waals surface area contributed by atoms with Gasteiger partial charge in [0.25, 0.3) is 11.1 Å². The molecule has 0 N–H and O–H groups in total. The summed E-state index contributed by atoms with van der Waals surface area (Å²) in [5.74, 6) is 0.818. The average molecular weight is 420 g/mol. The first kappa shape index (κ1) is 21.0. The van der Waals surface area contributed by atoms with Crippen LogP contribution in [-0.2, 0) is 9.59 Å². The van der Waals surface area contributed by atoms with Crippen molar-refractivity contribution in [1.29, 1.82) is 0 Å². The minimum absolute atomic E-state index is 0.0316. The van der Waals surface area contributed by atoms with Gasteiger partial charge in [0.1, 0.15) is 12.3 Å². The smallest absolute Gasteiger partial charge is 0.294 e. The number of methoxy groups -OCH3 is 1. The lowest BCUT2D eigenvalue weighted by atomic mass is 10.1. The molecule has 0 aromatic heterocycles. The van der Waals surface area contributed by atoms with Crippen molar-refractivity contribution in [3.05, 3.63) is 22.6 Å². The first-order valence-corrected chi connectivity index (χ1v) is 10.1.